The summed E-state index contributed by atoms with van der Waals surface area (Å²) in [5.74, 6) is 6.17. The molecule has 1 aromatic carbocycles. The van der Waals surface area contributed by atoms with Crippen LogP contribution in [0.3, 0.4) is 0 Å². The summed E-state index contributed by atoms with van der Waals surface area (Å²) < 4.78 is 11.2. The van der Waals surface area contributed by atoms with Crippen molar-refractivity contribution in [3.05, 3.63) is 59.4 Å². The van der Waals surface area contributed by atoms with Gasteiger partial charge < -0.3 is 19.6 Å². The highest BCUT2D eigenvalue weighted by atomic mass is 28.4. The molecule has 2 rings (SSSR count). The maximum atomic E-state index is 12.4. The Bertz CT molecular complexity index is 1070. The Hall–Kier alpha value is -3.19. The van der Waals surface area contributed by atoms with E-state index >= 15 is 0 Å². The van der Waals surface area contributed by atoms with E-state index in [9.17, 15) is 14.7 Å². The molecule has 0 saturated heterocycles. The standard InChI is InChI=1S/C27H37N3O5Si/c1-27(2,3)36(5,6)35-16-8-7-9-21-12-15-24(28-18-21)25(32)30-26(33)29-22(19-31)17-20-10-13-23(34-4)14-11-20/h10-15,18,22,31H,8,16-17,19H2,1-6H3,(H2,29,30,32,33)/t22-/m0/s1. The minimum Gasteiger partial charge on any atom is -0.497 e. The molecule has 0 aliphatic heterocycles. The second kappa shape index (κ2) is 13.2. The van der Waals surface area contributed by atoms with Crippen molar-refractivity contribution < 1.29 is 23.9 Å². The summed E-state index contributed by atoms with van der Waals surface area (Å²) in [7, 11) is -0.199. The van der Waals surface area contributed by atoms with Crippen molar-refractivity contribution in [3.63, 3.8) is 0 Å². The van der Waals surface area contributed by atoms with E-state index in [0.717, 1.165) is 11.3 Å². The SMILES string of the molecule is COc1ccc(C[C@@H](CO)NC(=O)NC(=O)c2ccc(C#CCCO[Si](C)(C)C(C)(C)C)cn2)cc1. The Balaban J connectivity index is 1.83. The number of benzene rings is 1. The molecule has 3 N–H and O–H groups in total. The van der Waals surface area contributed by atoms with Gasteiger partial charge in [0.25, 0.3) is 5.91 Å². The average molecular weight is 512 g/mol. The molecule has 0 bridgehead atoms. The first-order valence-corrected chi connectivity index (χ1v) is 14.8. The van der Waals surface area contributed by atoms with E-state index in [-0.39, 0.29) is 17.3 Å². The van der Waals surface area contributed by atoms with Crippen LogP contribution in [0.4, 0.5) is 4.79 Å². The Morgan fingerprint density at radius 3 is 2.39 bits per heavy atom. The number of hydrogen-bond acceptors (Lipinski definition) is 6. The number of carbonyl (C=O) groups is 2. The number of hydrogen-bond donors (Lipinski definition) is 3. The summed E-state index contributed by atoms with van der Waals surface area (Å²) in [5, 5.41) is 14.6. The quantitative estimate of drug-likeness (QED) is 0.268. The van der Waals surface area contributed by atoms with Crippen molar-refractivity contribution in [1.82, 2.24) is 15.6 Å². The van der Waals surface area contributed by atoms with Gasteiger partial charge in [0.2, 0.25) is 0 Å². The zero-order chi connectivity index (χ0) is 26.8. The molecule has 0 saturated carbocycles. The highest BCUT2D eigenvalue weighted by molar-refractivity contribution is 6.74. The number of aromatic nitrogens is 1. The fourth-order valence-electron chi connectivity index (χ4n) is 2.94. The molecule has 1 heterocycles. The van der Waals surface area contributed by atoms with Gasteiger partial charge >= 0.3 is 6.03 Å². The van der Waals surface area contributed by atoms with Crippen LogP contribution in [0, 0.1) is 11.8 Å². The van der Waals surface area contributed by atoms with Crippen molar-refractivity contribution in [1.29, 1.82) is 0 Å². The van der Waals surface area contributed by atoms with Crippen LogP contribution in [-0.2, 0) is 10.8 Å². The monoisotopic (exact) mass is 511 g/mol. The van der Waals surface area contributed by atoms with Gasteiger partial charge in [-0.15, -0.1) is 0 Å². The summed E-state index contributed by atoms with van der Waals surface area (Å²) in [6.45, 7) is 11.3. The number of imide groups is 1. The molecule has 1 aromatic heterocycles. The normalized spacial score (nSPS) is 12.2. The number of amides is 3. The van der Waals surface area contributed by atoms with Crippen LogP contribution in [0.25, 0.3) is 0 Å². The second-order valence-electron chi connectivity index (χ2n) is 9.95. The zero-order valence-corrected chi connectivity index (χ0v) is 23.0. The maximum Gasteiger partial charge on any atom is 0.322 e. The Labute approximate surface area is 214 Å². The molecule has 0 radical (unpaired) electrons. The summed E-state index contributed by atoms with van der Waals surface area (Å²) in [5.41, 5.74) is 1.67. The molecule has 1 atom stereocenters. The van der Waals surface area contributed by atoms with Crippen LogP contribution >= 0.6 is 0 Å². The Kier molecular flexibility index (Phi) is 10.7. The molecule has 9 heteroatoms. The van der Waals surface area contributed by atoms with Gasteiger partial charge in [0.05, 0.1) is 19.8 Å². The number of rotatable bonds is 9. The molecule has 0 fully saturated rings. The summed E-state index contributed by atoms with van der Waals surface area (Å²) in [4.78, 5) is 28.7. The van der Waals surface area contributed by atoms with E-state index in [4.69, 9.17) is 9.16 Å². The minimum atomic E-state index is -1.78. The van der Waals surface area contributed by atoms with Crippen molar-refractivity contribution in [2.24, 2.45) is 0 Å². The third-order valence-electron chi connectivity index (χ3n) is 6.15. The number of ether oxygens (including phenoxy) is 1. The van der Waals surface area contributed by atoms with Crippen LogP contribution in [0.15, 0.2) is 42.6 Å². The average Bonchev–Trinajstić information content (AvgIpc) is 2.83. The lowest BCUT2D eigenvalue weighted by Crippen LogP contribution is -2.47. The van der Waals surface area contributed by atoms with E-state index in [0.29, 0.717) is 25.0 Å². The number of urea groups is 1. The molecule has 194 valence electrons. The topological polar surface area (TPSA) is 110 Å². The molecule has 0 aliphatic rings. The number of aliphatic hydroxyl groups excluding tert-OH is 1. The molecule has 2 aromatic rings. The predicted octanol–water partition coefficient (Wildman–Crippen LogP) is 3.90. The van der Waals surface area contributed by atoms with Gasteiger partial charge in [-0.25, -0.2) is 9.78 Å². The van der Waals surface area contributed by atoms with Crippen molar-refractivity contribution >= 4 is 20.3 Å². The zero-order valence-electron chi connectivity index (χ0n) is 22.0. The largest absolute Gasteiger partial charge is 0.497 e. The van der Waals surface area contributed by atoms with Crippen LogP contribution in [0.1, 0.15) is 48.8 Å². The Morgan fingerprint density at radius 1 is 1.14 bits per heavy atom. The molecule has 36 heavy (non-hydrogen) atoms. The first kappa shape index (κ1) is 29.0. The maximum absolute atomic E-state index is 12.4. The first-order chi connectivity index (χ1) is 16.9. The van der Waals surface area contributed by atoms with Gasteiger partial charge in [0.1, 0.15) is 11.4 Å². The molecule has 0 unspecified atom stereocenters. The highest BCUT2D eigenvalue weighted by Crippen LogP contribution is 2.36. The number of methoxy groups -OCH3 is 1. The van der Waals surface area contributed by atoms with E-state index in [2.05, 4.69) is 61.3 Å². The van der Waals surface area contributed by atoms with E-state index in [1.54, 1.807) is 25.3 Å². The van der Waals surface area contributed by atoms with Crippen LogP contribution in [0.5, 0.6) is 5.75 Å². The third-order valence-corrected chi connectivity index (χ3v) is 10.7. The minimum absolute atomic E-state index is 0.0904. The number of pyridine rings is 1. The second-order valence-corrected chi connectivity index (χ2v) is 14.8. The smallest absolute Gasteiger partial charge is 0.322 e. The molecule has 3 amide bonds. The van der Waals surface area contributed by atoms with Crippen LogP contribution < -0.4 is 15.4 Å². The van der Waals surface area contributed by atoms with Crippen molar-refractivity contribution in [2.75, 3.05) is 20.3 Å². The highest BCUT2D eigenvalue weighted by Gasteiger charge is 2.36. The van der Waals surface area contributed by atoms with Gasteiger partial charge in [-0.2, -0.15) is 0 Å². The van der Waals surface area contributed by atoms with Crippen molar-refractivity contribution in [2.45, 2.75) is 57.8 Å². The van der Waals surface area contributed by atoms with Gasteiger partial charge in [-0.1, -0.05) is 44.7 Å². The van der Waals surface area contributed by atoms with Gasteiger partial charge in [-0.05, 0) is 54.4 Å². The van der Waals surface area contributed by atoms with E-state index < -0.39 is 26.3 Å². The van der Waals surface area contributed by atoms with Crippen LogP contribution in [-0.4, -0.2) is 56.7 Å². The fraction of sp³-hybridized carbons (Fsp3) is 0.444. The lowest BCUT2D eigenvalue weighted by atomic mass is 10.1. The number of carbonyl (C=O) groups excluding carboxylic acids is 2. The third kappa shape index (κ3) is 9.11. The first-order valence-electron chi connectivity index (χ1n) is 11.9. The summed E-state index contributed by atoms with van der Waals surface area (Å²) >= 11 is 0. The van der Waals surface area contributed by atoms with E-state index in [1.165, 1.54) is 12.3 Å². The molecule has 8 nitrogen and oxygen atoms in total. The molecule has 0 aliphatic carbocycles. The Morgan fingerprint density at radius 2 is 1.83 bits per heavy atom. The fourth-order valence-corrected chi connectivity index (χ4v) is 3.98. The predicted molar refractivity (Wildman–Crippen MR) is 142 cm³/mol. The lowest BCUT2D eigenvalue weighted by Gasteiger charge is -2.35. The summed E-state index contributed by atoms with van der Waals surface area (Å²) in [6.07, 6.45) is 2.50. The summed E-state index contributed by atoms with van der Waals surface area (Å²) in [6, 6.07) is 9.23. The van der Waals surface area contributed by atoms with Gasteiger partial charge in [0.15, 0.2) is 8.32 Å². The molecule has 0 spiro atoms. The number of nitrogens with one attached hydrogen (secondary N) is 2. The number of aliphatic hydroxyl groups is 1. The van der Waals surface area contributed by atoms with Gasteiger partial charge in [-0.3, -0.25) is 10.1 Å². The lowest BCUT2D eigenvalue weighted by molar-refractivity contribution is 0.0957. The van der Waals surface area contributed by atoms with Gasteiger partial charge in [0, 0.05) is 24.8 Å². The molecular weight excluding hydrogens is 474 g/mol. The van der Waals surface area contributed by atoms with Crippen LogP contribution in [0.2, 0.25) is 18.1 Å². The van der Waals surface area contributed by atoms with Crippen molar-refractivity contribution in [3.8, 4) is 17.6 Å². The number of nitrogens with zero attached hydrogens (tertiary/aromatic N) is 1. The molecular formula is C27H37N3O5Si. The van der Waals surface area contributed by atoms with E-state index in [1.807, 2.05) is 12.1 Å².